The average molecular weight is 423 g/mol. The number of nitrogens with zero attached hydrogens (tertiary/aromatic N) is 3. The largest absolute Gasteiger partial charge is 0.357 e. The molecule has 5 rings (SSSR count). The Kier molecular flexibility index (Phi) is 5.40. The van der Waals surface area contributed by atoms with E-state index in [4.69, 9.17) is 15.7 Å². The smallest absolute Gasteiger partial charge is 0.129 e. The van der Waals surface area contributed by atoms with E-state index in [0.717, 1.165) is 65.2 Å². The van der Waals surface area contributed by atoms with Crippen LogP contribution in [0.4, 0.5) is 5.82 Å². The Morgan fingerprint density at radius 3 is 2.16 bits per heavy atom. The number of benzene rings is 2. The van der Waals surface area contributed by atoms with Gasteiger partial charge in [-0.25, -0.2) is 9.97 Å². The predicted octanol–water partition coefficient (Wildman–Crippen LogP) is 6.15. The Balaban J connectivity index is 1.64. The summed E-state index contributed by atoms with van der Waals surface area (Å²) in [6.07, 6.45) is 3.35. The third-order valence-electron chi connectivity index (χ3n) is 6.81. The molecular weight excluding hydrogens is 392 g/mol. The summed E-state index contributed by atoms with van der Waals surface area (Å²) in [5.41, 5.74) is 13.8. The molecule has 2 heterocycles. The molecule has 4 nitrogen and oxygen atoms in total. The van der Waals surface area contributed by atoms with Crippen molar-refractivity contribution in [1.29, 1.82) is 0 Å². The van der Waals surface area contributed by atoms with Gasteiger partial charge in [0.05, 0.1) is 16.7 Å². The van der Waals surface area contributed by atoms with E-state index in [1.807, 2.05) is 6.07 Å². The van der Waals surface area contributed by atoms with Crippen LogP contribution in [0.2, 0.25) is 0 Å². The van der Waals surface area contributed by atoms with Crippen molar-refractivity contribution < 1.29 is 0 Å². The van der Waals surface area contributed by atoms with Crippen LogP contribution in [0, 0.1) is 0 Å². The molecule has 2 aromatic heterocycles. The fraction of sp³-hybridized carbons (Fsp3) is 0.286. The Bertz CT molecular complexity index is 1220. The number of fused-ring (bicyclic) bond motifs is 1. The van der Waals surface area contributed by atoms with Gasteiger partial charge in [-0.05, 0) is 62.4 Å². The normalized spacial score (nSPS) is 14.8. The highest BCUT2D eigenvalue weighted by atomic mass is 15.2. The minimum absolute atomic E-state index is 0.150. The molecule has 1 aliphatic rings. The average Bonchev–Trinajstić information content (AvgIpc) is 2.83. The van der Waals surface area contributed by atoms with Crippen molar-refractivity contribution >= 4 is 16.9 Å². The maximum absolute atomic E-state index is 6.54. The maximum Gasteiger partial charge on any atom is 0.129 e. The lowest BCUT2D eigenvalue weighted by Crippen LogP contribution is -2.43. The molecule has 0 spiro atoms. The molecule has 2 aromatic carbocycles. The molecular formula is C28H30N4. The Morgan fingerprint density at radius 1 is 0.812 bits per heavy atom. The van der Waals surface area contributed by atoms with E-state index in [9.17, 15) is 0 Å². The molecule has 4 heteroatoms. The molecule has 0 unspecified atom stereocenters. The van der Waals surface area contributed by atoms with Crippen LogP contribution in [0.25, 0.3) is 33.4 Å². The van der Waals surface area contributed by atoms with Crippen molar-refractivity contribution in [2.75, 3.05) is 18.0 Å². The van der Waals surface area contributed by atoms with Crippen LogP contribution < -0.4 is 10.6 Å². The van der Waals surface area contributed by atoms with Crippen molar-refractivity contribution in [2.24, 2.45) is 5.73 Å². The fourth-order valence-corrected chi connectivity index (χ4v) is 4.63. The molecule has 2 N–H and O–H groups in total. The molecule has 0 aliphatic heterocycles. The van der Waals surface area contributed by atoms with E-state index in [1.54, 1.807) is 0 Å². The zero-order valence-electron chi connectivity index (χ0n) is 18.9. The summed E-state index contributed by atoms with van der Waals surface area (Å²) in [5, 5.41) is 0. The minimum Gasteiger partial charge on any atom is -0.357 e. The number of hydrogen-bond donors (Lipinski definition) is 1. The van der Waals surface area contributed by atoms with Crippen molar-refractivity contribution in [3.63, 3.8) is 0 Å². The summed E-state index contributed by atoms with van der Waals surface area (Å²) in [7, 11) is 0. The van der Waals surface area contributed by atoms with Crippen LogP contribution in [-0.2, 0) is 5.54 Å². The molecule has 0 atom stereocenters. The number of hydrogen-bond acceptors (Lipinski definition) is 4. The number of aromatic nitrogens is 2. The molecule has 32 heavy (non-hydrogen) atoms. The van der Waals surface area contributed by atoms with Gasteiger partial charge in [-0.15, -0.1) is 0 Å². The molecule has 0 saturated heterocycles. The summed E-state index contributed by atoms with van der Waals surface area (Å²) in [6, 6.07) is 25.5. The van der Waals surface area contributed by atoms with Crippen molar-refractivity contribution in [2.45, 2.75) is 38.6 Å². The van der Waals surface area contributed by atoms with Crippen molar-refractivity contribution in [3.05, 3.63) is 78.4 Å². The lowest BCUT2D eigenvalue weighted by atomic mass is 9.72. The standard InChI is InChI=1S/C28H30N4/c1-3-32(4-2)26-16-15-24-25(30-26)19-23(20-9-6-5-7-10-20)27(31-24)21-11-13-22(14-12-21)28(29)17-8-18-28/h5-7,9-16,19H,3-4,8,17-18,29H2,1-2H3. The van der Waals surface area contributed by atoms with E-state index >= 15 is 0 Å². The predicted molar refractivity (Wildman–Crippen MR) is 134 cm³/mol. The van der Waals surface area contributed by atoms with Crippen LogP contribution in [0.5, 0.6) is 0 Å². The molecule has 1 aliphatic carbocycles. The van der Waals surface area contributed by atoms with Gasteiger partial charge in [0.1, 0.15) is 5.82 Å². The summed E-state index contributed by atoms with van der Waals surface area (Å²) < 4.78 is 0. The molecule has 0 bridgehead atoms. The maximum atomic E-state index is 6.54. The van der Waals surface area contributed by atoms with Crippen LogP contribution in [0.1, 0.15) is 38.7 Å². The monoisotopic (exact) mass is 422 g/mol. The summed E-state index contributed by atoms with van der Waals surface area (Å²) in [4.78, 5) is 12.3. The first kappa shape index (κ1) is 20.7. The van der Waals surface area contributed by atoms with Crippen LogP contribution in [-0.4, -0.2) is 23.1 Å². The van der Waals surface area contributed by atoms with E-state index < -0.39 is 0 Å². The van der Waals surface area contributed by atoms with Gasteiger partial charge in [-0.2, -0.15) is 0 Å². The van der Waals surface area contributed by atoms with Gasteiger partial charge in [-0.3, -0.25) is 0 Å². The van der Waals surface area contributed by atoms with Gasteiger partial charge in [0.15, 0.2) is 0 Å². The van der Waals surface area contributed by atoms with Crippen molar-refractivity contribution in [3.8, 4) is 22.4 Å². The highest BCUT2D eigenvalue weighted by Gasteiger charge is 2.34. The van der Waals surface area contributed by atoms with Gasteiger partial charge in [0, 0.05) is 29.8 Å². The fourth-order valence-electron chi connectivity index (χ4n) is 4.63. The Morgan fingerprint density at radius 2 is 1.53 bits per heavy atom. The zero-order chi connectivity index (χ0) is 22.1. The first-order valence-corrected chi connectivity index (χ1v) is 11.6. The van der Waals surface area contributed by atoms with Gasteiger partial charge >= 0.3 is 0 Å². The SMILES string of the molecule is CCN(CC)c1ccc2nc(-c3ccc(C4(N)CCC4)cc3)c(-c3ccccc3)cc2n1. The summed E-state index contributed by atoms with van der Waals surface area (Å²) in [5.74, 6) is 0.995. The van der Waals surface area contributed by atoms with E-state index in [0.29, 0.717) is 0 Å². The molecule has 162 valence electrons. The number of nitrogens with two attached hydrogens (primary N) is 1. The topological polar surface area (TPSA) is 55.0 Å². The third-order valence-corrected chi connectivity index (χ3v) is 6.81. The second-order valence-electron chi connectivity index (χ2n) is 8.72. The Labute approximate surface area is 190 Å². The van der Waals surface area contributed by atoms with Gasteiger partial charge in [0.25, 0.3) is 0 Å². The van der Waals surface area contributed by atoms with Crippen LogP contribution in [0.15, 0.2) is 72.8 Å². The van der Waals surface area contributed by atoms with Crippen LogP contribution in [0.3, 0.4) is 0 Å². The van der Waals surface area contributed by atoms with Gasteiger partial charge in [-0.1, -0.05) is 54.6 Å². The first-order chi connectivity index (χ1) is 15.6. The highest BCUT2D eigenvalue weighted by molar-refractivity contribution is 5.90. The second kappa shape index (κ2) is 8.36. The second-order valence-corrected chi connectivity index (χ2v) is 8.72. The Hall–Kier alpha value is -3.24. The first-order valence-electron chi connectivity index (χ1n) is 11.6. The van der Waals surface area contributed by atoms with E-state index in [2.05, 4.69) is 85.5 Å². The van der Waals surface area contributed by atoms with Crippen molar-refractivity contribution in [1.82, 2.24) is 9.97 Å². The quantitative estimate of drug-likeness (QED) is 0.405. The van der Waals surface area contributed by atoms with Gasteiger partial charge in [0.2, 0.25) is 0 Å². The van der Waals surface area contributed by atoms with Crippen LogP contribution >= 0.6 is 0 Å². The molecule has 4 aromatic rings. The molecule has 1 fully saturated rings. The number of rotatable bonds is 6. The minimum atomic E-state index is -0.150. The third kappa shape index (κ3) is 3.65. The zero-order valence-corrected chi connectivity index (χ0v) is 18.9. The summed E-state index contributed by atoms with van der Waals surface area (Å²) in [6.45, 7) is 6.18. The number of anilines is 1. The molecule has 0 amide bonds. The van der Waals surface area contributed by atoms with E-state index in [-0.39, 0.29) is 5.54 Å². The van der Waals surface area contributed by atoms with E-state index in [1.165, 1.54) is 12.0 Å². The van der Waals surface area contributed by atoms with Gasteiger partial charge < -0.3 is 10.6 Å². The highest BCUT2D eigenvalue weighted by Crippen LogP contribution is 2.40. The molecule has 0 radical (unpaired) electrons. The lowest BCUT2D eigenvalue weighted by molar-refractivity contribution is 0.253. The summed E-state index contributed by atoms with van der Waals surface area (Å²) >= 11 is 0. The molecule has 1 saturated carbocycles. The lowest BCUT2D eigenvalue weighted by Gasteiger charge is -2.38. The number of pyridine rings is 2.